The molecule has 0 fully saturated rings. The number of aromatic nitrogens is 4. The first-order valence-electron chi connectivity index (χ1n) is 13.8. The topological polar surface area (TPSA) is 140 Å². The van der Waals surface area contributed by atoms with Gasteiger partial charge in [-0.1, -0.05) is 18.6 Å². The van der Waals surface area contributed by atoms with Crippen LogP contribution >= 0.6 is 0 Å². The third-order valence-electron chi connectivity index (χ3n) is 6.54. The second kappa shape index (κ2) is 12.8. The molecule has 0 unspecified atom stereocenters. The van der Waals surface area contributed by atoms with E-state index in [9.17, 15) is 14.7 Å². The Hall–Kier alpha value is -4.41. The van der Waals surface area contributed by atoms with E-state index in [-0.39, 0.29) is 11.5 Å². The Balaban J connectivity index is 1.33. The predicted molar refractivity (Wildman–Crippen MR) is 157 cm³/mol. The van der Waals surface area contributed by atoms with Crippen molar-refractivity contribution in [3.8, 4) is 11.5 Å². The van der Waals surface area contributed by atoms with Crippen LogP contribution in [0.2, 0.25) is 0 Å². The first-order valence-corrected chi connectivity index (χ1v) is 13.8. The van der Waals surface area contributed by atoms with Gasteiger partial charge in [0, 0.05) is 19.0 Å². The van der Waals surface area contributed by atoms with Gasteiger partial charge in [0.1, 0.15) is 22.9 Å². The number of nitrogens with one attached hydrogen (secondary N) is 2. The number of amides is 1. The minimum Gasteiger partial charge on any atom is -0.508 e. The molecular weight excluding hydrogens is 524 g/mol. The summed E-state index contributed by atoms with van der Waals surface area (Å²) in [6.45, 7) is 7.87. The van der Waals surface area contributed by atoms with E-state index in [0.717, 1.165) is 41.0 Å². The summed E-state index contributed by atoms with van der Waals surface area (Å²) in [5.74, 6) is 2.20. The standard InChI is InChI=1S/C30H38N6O5/c1-19-34-35-28-27(32-23-18-22(40-5)14-15-25(23)36(19)28)31-16-8-6-7-9-26(38)24(33-29(39)41-30(2,3)4)17-20-10-12-21(37)13-11-20/h10-15,18,24,37H,6-9,16-17H2,1-5H3,(H,31,32)(H,33,39)/t24-/m0/s1. The van der Waals surface area contributed by atoms with Crippen molar-refractivity contribution in [1.82, 2.24) is 24.9 Å². The number of alkyl carbamates (subject to hydrolysis) is 1. The van der Waals surface area contributed by atoms with Crippen molar-refractivity contribution in [2.24, 2.45) is 0 Å². The van der Waals surface area contributed by atoms with Gasteiger partial charge in [-0.25, -0.2) is 9.78 Å². The highest BCUT2D eigenvalue weighted by atomic mass is 16.6. The molecule has 218 valence electrons. The molecule has 2 aromatic carbocycles. The fraction of sp³-hybridized carbons (Fsp3) is 0.433. The molecule has 11 heteroatoms. The van der Waals surface area contributed by atoms with E-state index in [1.807, 2.05) is 29.5 Å². The van der Waals surface area contributed by atoms with Crippen LogP contribution in [0.5, 0.6) is 11.5 Å². The Morgan fingerprint density at radius 3 is 2.51 bits per heavy atom. The molecule has 2 heterocycles. The Bertz CT molecular complexity index is 1510. The molecule has 0 radical (unpaired) electrons. The number of carbonyl (C=O) groups is 2. The van der Waals surface area contributed by atoms with Crippen molar-refractivity contribution >= 4 is 34.4 Å². The predicted octanol–water partition coefficient (Wildman–Crippen LogP) is 4.98. The SMILES string of the molecule is COc1ccc2c(c1)nc(NCCCCCC(=O)[C@H](Cc1ccc(O)cc1)NC(=O)OC(C)(C)C)c1nnc(C)n12. The number of hydrogen-bond donors (Lipinski definition) is 3. The number of rotatable bonds is 12. The lowest BCUT2D eigenvalue weighted by Gasteiger charge is -2.23. The third-order valence-corrected chi connectivity index (χ3v) is 6.54. The van der Waals surface area contributed by atoms with E-state index >= 15 is 0 Å². The maximum atomic E-state index is 13.1. The fourth-order valence-electron chi connectivity index (χ4n) is 4.55. The smallest absolute Gasteiger partial charge is 0.408 e. The maximum absolute atomic E-state index is 13.1. The Morgan fingerprint density at radius 1 is 1.05 bits per heavy atom. The average molecular weight is 563 g/mol. The lowest BCUT2D eigenvalue weighted by atomic mass is 9.98. The summed E-state index contributed by atoms with van der Waals surface area (Å²) in [5, 5.41) is 24.2. The highest BCUT2D eigenvalue weighted by Crippen LogP contribution is 2.25. The average Bonchev–Trinajstić information content (AvgIpc) is 3.31. The van der Waals surface area contributed by atoms with Crippen molar-refractivity contribution in [3.05, 3.63) is 53.9 Å². The lowest BCUT2D eigenvalue weighted by Crippen LogP contribution is -2.44. The highest BCUT2D eigenvalue weighted by molar-refractivity contribution is 5.87. The van der Waals surface area contributed by atoms with Crippen molar-refractivity contribution in [2.45, 2.75) is 71.4 Å². The van der Waals surface area contributed by atoms with Gasteiger partial charge in [0.15, 0.2) is 11.6 Å². The van der Waals surface area contributed by atoms with Crippen LogP contribution in [-0.2, 0) is 16.0 Å². The van der Waals surface area contributed by atoms with Crippen molar-refractivity contribution in [1.29, 1.82) is 0 Å². The number of ether oxygens (including phenoxy) is 2. The number of phenols is 1. The van der Waals surface area contributed by atoms with Gasteiger partial charge in [-0.15, -0.1) is 10.2 Å². The first kappa shape index (κ1) is 29.6. The van der Waals surface area contributed by atoms with Crippen LogP contribution in [0.1, 0.15) is 57.8 Å². The number of ketones is 1. The van der Waals surface area contributed by atoms with Gasteiger partial charge in [-0.05, 0) is 76.8 Å². The number of aromatic hydroxyl groups is 1. The molecule has 0 spiro atoms. The molecule has 1 amide bonds. The van der Waals surface area contributed by atoms with Crippen LogP contribution in [-0.4, -0.2) is 61.9 Å². The number of anilines is 1. The summed E-state index contributed by atoms with van der Waals surface area (Å²) < 4.78 is 12.7. The second-order valence-electron chi connectivity index (χ2n) is 11.0. The van der Waals surface area contributed by atoms with Crippen LogP contribution in [0.3, 0.4) is 0 Å². The number of phenolic OH excluding ortho intramolecular Hbond substituents is 1. The number of fused-ring (bicyclic) bond motifs is 3. The number of methoxy groups -OCH3 is 1. The van der Waals surface area contributed by atoms with Crippen LogP contribution in [0.25, 0.3) is 16.7 Å². The Kier molecular flexibility index (Phi) is 9.26. The third kappa shape index (κ3) is 7.84. The molecule has 1 atom stereocenters. The van der Waals surface area contributed by atoms with Gasteiger partial charge in [-0.3, -0.25) is 9.20 Å². The molecule has 3 N–H and O–H groups in total. The number of nitrogens with zero attached hydrogens (tertiary/aromatic N) is 4. The zero-order valence-electron chi connectivity index (χ0n) is 24.2. The molecule has 0 bridgehead atoms. The maximum Gasteiger partial charge on any atom is 0.408 e. The summed E-state index contributed by atoms with van der Waals surface area (Å²) in [4.78, 5) is 30.3. The number of Topliss-reactive ketones (excluding diaryl/α,β-unsaturated/α-hetero) is 1. The number of aryl methyl sites for hydroxylation is 1. The van der Waals surface area contributed by atoms with Gasteiger partial charge in [0.25, 0.3) is 0 Å². The molecular formula is C30H38N6O5. The quantitative estimate of drug-likeness (QED) is 0.204. The number of carbonyl (C=O) groups excluding carboxylic acids is 2. The summed E-state index contributed by atoms with van der Waals surface area (Å²) in [7, 11) is 1.62. The lowest BCUT2D eigenvalue weighted by molar-refractivity contribution is -0.121. The van der Waals surface area contributed by atoms with E-state index in [0.29, 0.717) is 37.3 Å². The van der Waals surface area contributed by atoms with Crippen molar-refractivity contribution in [3.63, 3.8) is 0 Å². The molecule has 0 aliphatic heterocycles. The summed E-state index contributed by atoms with van der Waals surface area (Å²) >= 11 is 0. The normalized spacial score (nSPS) is 12.3. The molecule has 2 aromatic heterocycles. The van der Waals surface area contributed by atoms with Crippen molar-refractivity contribution in [2.75, 3.05) is 19.0 Å². The number of benzene rings is 2. The Labute approximate surface area is 239 Å². The van der Waals surface area contributed by atoms with E-state index in [1.54, 1.807) is 52.1 Å². The van der Waals surface area contributed by atoms with E-state index in [2.05, 4.69) is 20.8 Å². The van der Waals surface area contributed by atoms with Crippen LogP contribution < -0.4 is 15.4 Å². The van der Waals surface area contributed by atoms with E-state index in [1.165, 1.54) is 0 Å². The first-order chi connectivity index (χ1) is 19.5. The van der Waals surface area contributed by atoms with Gasteiger partial charge in [-0.2, -0.15) is 0 Å². The summed E-state index contributed by atoms with van der Waals surface area (Å²) in [6.07, 6.45) is 2.29. The van der Waals surface area contributed by atoms with Crippen LogP contribution in [0, 0.1) is 6.92 Å². The zero-order valence-corrected chi connectivity index (χ0v) is 24.2. The second-order valence-corrected chi connectivity index (χ2v) is 11.0. The fourth-order valence-corrected chi connectivity index (χ4v) is 4.55. The van der Waals surface area contributed by atoms with E-state index < -0.39 is 17.7 Å². The molecule has 11 nitrogen and oxygen atoms in total. The van der Waals surface area contributed by atoms with Crippen molar-refractivity contribution < 1.29 is 24.2 Å². The molecule has 4 rings (SSSR count). The van der Waals surface area contributed by atoms with Gasteiger partial charge < -0.3 is 25.2 Å². The van der Waals surface area contributed by atoms with Gasteiger partial charge in [0.2, 0.25) is 5.65 Å². The molecule has 0 saturated carbocycles. The summed E-state index contributed by atoms with van der Waals surface area (Å²) in [5.41, 5.74) is 2.48. The number of unbranched alkanes of at least 4 members (excludes halogenated alkanes) is 2. The van der Waals surface area contributed by atoms with Gasteiger partial charge in [0.05, 0.1) is 24.2 Å². The molecule has 0 saturated heterocycles. The minimum absolute atomic E-state index is 0.0670. The minimum atomic E-state index is -0.726. The largest absolute Gasteiger partial charge is 0.508 e. The van der Waals surface area contributed by atoms with Gasteiger partial charge >= 0.3 is 6.09 Å². The molecule has 4 aromatic rings. The number of hydrogen-bond acceptors (Lipinski definition) is 9. The zero-order chi connectivity index (χ0) is 29.6. The van der Waals surface area contributed by atoms with Crippen LogP contribution in [0.4, 0.5) is 10.6 Å². The molecule has 0 aliphatic carbocycles. The molecule has 0 aliphatic rings. The van der Waals surface area contributed by atoms with Crippen LogP contribution in [0.15, 0.2) is 42.5 Å². The molecule has 41 heavy (non-hydrogen) atoms. The summed E-state index contributed by atoms with van der Waals surface area (Å²) in [6, 6.07) is 11.6. The Morgan fingerprint density at radius 2 is 1.80 bits per heavy atom. The highest BCUT2D eigenvalue weighted by Gasteiger charge is 2.24. The monoisotopic (exact) mass is 562 g/mol. The van der Waals surface area contributed by atoms with E-state index in [4.69, 9.17) is 14.5 Å².